The minimum atomic E-state index is 0.697. The molecule has 1 N–H and O–H groups in total. The highest BCUT2D eigenvalue weighted by molar-refractivity contribution is 4.73. The zero-order chi connectivity index (χ0) is 11.2. The molecule has 0 radical (unpaired) electrons. The van der Waals surface area contributed by atoms with E-state index in [0.29, 0.717) is 6.04 Å². The lowest BCUT2D eigenvalue weighted by Gasteiger charge is -2.28. The number of nitrogens with one attached hydrogen (secondary N) is 1. The lowest BCUT2D eigenvalue weighted by Crippen LogP contribution is -2.32. The Kier molecular flexibility index (Phi) is 5.11. The van der Waals surface area contributed by atoms with Crippen LogP contribution in [-0.4, -0.2) is 25.8 Å². The molecule has 1 saturated carbocycles. The molecule has 1 unspecified atom stereocenters. The molecule has 0 spiro atoms. The molecule has 1 aliphatic carbocycles. The van der Waals surface area contributed by atoms with E-state index >= 15 is 0 Å². The Morgan fingerprint density at radius 2 is 1.88 bits per heavy atom. The first kappa shape index (κ1) is 12.4. The van der Waals surface area contributed by atoms with Gasteiger partial charge >= 0.3 is 0 Å². The maximum absolute atomic E-state index is 5.40. The average Bonchev–Trinajstić information content (AvgIpc) is 2.23. The van der Waals surface area contributed by atoms with Gasteiger partial charge in [0.05, 0.1) is 0 Å². The normalized spacial score (nSPS) is 25.3. The SMILES string of the molecule is CC(CC1CCOCC1)NCCC1CCC1. The fraction of sp³-hybridized carbons (Fsp3) is 1.00. The Labute approximate surface area is 100 Å². The van der Waals surface area contributed by atoms with E-state index in [9.17, 15) is 0 Å². The van der Waals surface area contributed by atoms with Crippen LogP contribution in [0.3, 0.4) is 0 Å². The lowest BCUT2D eigenvalue weighted by molar-refractivity contribution is 0.0611. The third-order valence-electron chi connectivity index (χ3n) is 4.30. The van der Waals surface area contributed by atoms with Crippen LogP contribution >= 0.6 is 0 Å². The van der Waals surface area contributed by atoms with Crippen LogP contribution in [0.4, 0.5) is 0 Å². The van der Waals surface area contributed by atoms with E-state index in [2.05, 4.69) is 12.2 Å². The van der Waals surface area contributed by atoms with Gasteiger partial charge in [-0.2, -0.15) is 0 Å². The molecule has 1 atom stereocenters. The third-order valence-corrected chi connectivity index (χ3v) is 4.30. The van der Waals surface area contributed by atoms with Crippen LogP contribution in [0.5, 0.6) is 0 Å². The van der Waals surface area contributed by atoms with E-state index in [-0.39, 0.29) is 0 Å². The summed E-state index contributed by atoms with van der Waals surface area (Å²) in [6, 6.07) is 0.697. The molecule has 2 fully saturated rings. The van der Waals surface area contributed by atoms with E-state index < -0.39 is 0 Å². The van der Waals surface area contributed by atoms with E-state index in [1.54, 1.807) is 0 Å². The monoisotopic (exact) mass is 225 g/mol. The first-order chi connectivity index (χ1) is 7.84. The minimum absolute atomic E-state index is 0.697. The first-order valence-electron chi connectivity index (χ1n) is 7.15. The van der Waals surface area contributed by atoms with Crippen molar-refractivity contribution in [2.45, 2.75) is 57.9 Å². The summed E-state index contributed by atoms with van der Waals surface area (Å²) >= 11 is 0. The van der Waals surface area contributed by atoms with Gasteiger partial charge in [0.15, 0.2) is 0 Å². The molecule has 2 nitrogen and oxygen atoms in total. The summed E-state index contributed by atoms with van der Waals surface area (Å²) in [5.74, 6) is 1.95. The number of ether oxygens (including phenoxy) is 1. The van der Waals surface area contributed by atoms with Crippen LogP contribution in [0.1, 0.15) is 51.9 Å². The summed E-state index contributed by atoms with van der Waals surface area (Å²) in [5, 5.41) is 3.69. The standard InChI is InChI=1S/C14H27NO/c1-12(11-14-6-9-16-10-7-14)15-8-5-13-3-2-4-13/h12-15H,2-11H2,1H3. The Hall–Kier alpha value is -0.0800. The number of hydrogen-bond donors (Lipinski definition) is 1. The smallest absolute Gasteiger partial charge is 0.0468 e. The van der Waals surface area contributed by atoms with Gasteiger partial charge in [-0.05, 0) is 51.0 Å². The molecule has 1 aliphatic heterocycles. The van der Waals surface area contributed by atoms with Gasteiger partial charge in [-0.3, -0.25) is 0 Å². The van der Waals surface area contributed by atoms with Gasteiger partial charge in [0, 0.05) is 19.3 Å². The molecule has 1 heterocycles. The van der Waals surface area contributed by atoms with Crippen LogP contribution in [0.2, 0.25) is 0 Å². The fourth-order valence-electron chi connectivity index (χ4n) is 2.88. The van der Waals surface area contributed by atoms with Crippen LogP contribution in [0.15, 0.2) is 0 Å². The van der Waals surface area contributed by atoms with Crippen LogP contribution in [0, 0.1) is 11.8 Å². The molecule has 94 valence electrons. The van der Waals surface area contributed by atoms with E-state index in [4.69, 9.17) is 4.74 Å². The average molecular weight is 225 g/mol. The molecule has 1 saturated heterocycles. The quantitative estimate of drug-likeness (QED) is 0.750. The van der Waals surface area contributed by atoms with Crippen LogP contribution < -0.4 is 5.32 Å². The van der Waals surface area contributed by atoms with E-state index in [0.717, 1.165) is 25.0 Å². The Balaban J connectivity index is 1.50. The van der Waals surface area contributed by atoms with E-state index in [1.165, 1.54) is 51.5 Å². The molecule has 0 amide bonds. The topological polar surface area (TPSA) is 21.3 Å². The molecule has 0 aromatic carbocycles. The van der Waals surface area contributed by atoms with Gasteiger partial charge in [-0.25, -0.2) is 0 Å². The molecule has 0 aromatic rings. The second-order valence-corrected chi connectivity index (χ2v) is 5.73. The second-order valence-electron chi connectivity index (χ2n) is 5.73. The van der Waals surface area contributed by atoms with Gasteiger partial charge in [0.1, 0.15) is 0 Å². The van der Waals surface area contributed by atoms with Crippen molar-refractivity contribution in [3.05, 3.63) is 0 Å². The molecule has 0 aromatic heterocycles. The maximum atomic E-state index is 5.40. The van der Waals surface area contributed by atoms with Crippen molar-refractivity contribution in [2.24, 2.45) is 11.8 Å². The van der Waals surface area contributed by atoms with Gasteiger partial charge in [-0.15, -0.1) is 0 Å². The van der Waals surface area contributed by atoms with Crippen molar-refractivity contribution >= 4 is 0 Å². The van der Waals surface area contributed by atoms with Gasteiger partial charge < -0.3 is 10.1 Å². The maximum Gasteiger partial charge on any atom is 0.0468 e. The molecule has 16 heavy (non-hydrogen) atoms. The molecule has 2 rings (SSSR count). The summed E-state index contributed by atoms with van der Waals surface area (Å²) in [5.41, 5.74) is 0. The third kappa shape index (κ3) is 4.06. The molecular formula is C14H27NO. The summed E-state index contributed by atoms with van der Waals surface area (Å²) in [6.45, 7) is 5.55. The lowest BCUT2D eigenvalue weighted by atomic mass is 9.83. The Morgan fingerprint density at radius 3 is 2.50 bits per heavy atom. The summed E-state index contributed by atoms with van der Waals surface area (Å²) in [4.78, 5) is 0. The summed E-state index contributed by atoms with van der Waals surface area (Å²) in [6.07, 6.45) is 9.73. The van der Waals surface area contributed by atoms with Gasteiger partial charge in [0.25, 0.3) is 0 Å². The minimum Gasteiger partial charge on any atom is -0.381 e. The molecular weight excluding hydrogens is 198 g/mol. The molecule has 2 aliphatic rings. The fourth-order valence-corrected chi connectivity index (χ4v) is 2.88. The number of rotatable bonds is 6. The second kappa shape index (κ2) is 6.61. The van der Waals surface area contributed by atoms with Crippen molar-refractivity contribution in [1.29, 1.82) is 0 Å². The van der Waals surface area contributed by atoms with Crippen molar-refractivity contribution in [1.82, 2.24) is 5.32 Å². The predicted molar refractivity (Wildman–Crippen MR) is 67.6 cm³/mol. The highest BCUT2D eigenvalue weighted by atomic mass is 16.5. The Bertz CT molecular complexity index is 185. The van der Waals surface area contributed by atoms with Gasteiger partial charge in [-0.1, -0.05) is 19.3 Å². The number of hydrogen-bond acceptors (Lipinski definition) is 2. The van der Waals surface area contributed by atoms with Crippen molar-refractivity contribution in [2.75, 3.05) is 19.8 Å². The largest absolute Gasteiger partial charge is 0.381 e. The molecule has 0 bridgehead atoms. The first-order valence-corrected chi connectivity index (χ1v) is 7.15. The van der Waals surface area contributed by atoms with E-state index in [1.807, 2.05) is 0 Å². The summed E-state index contributed by atoms with van der Waals surface area (Å²) < 4.78 is 5.40. The van der Waals surface area contributed by atoms with Crippen molar-refractivity contribution in [3.8, 4) is 0 Å². The summed E-state index contributed by atoms with van der Waals surface area (Å²) in [7, 11) is 0. The van der Waals surface area contributed by atoms with Crippen molar-refractivity contribution < 1.29 is 4.74 Å². The Morgan fingerprint density at radius 1 is 1.12 bits per heavy atom. The van der Waals surface area contributed by atoms with Crippen LogP contribution in [-0.2, 0) is 4.74 Å². The van der Waals surface area contributed by atoms with Gasteiger partial charge in [0.2, 0.25) is 0 Å². The molecule has 2 heteroatoms. The zero-order valence-corrected chi connectivity index (χ0v) is 10.7. The highest BCUT2D eigenvalue weighted by Crippen LogP contribution is 2.28. The highest BCUT2D eigenvalue weighted by Gasteiger charge is 2.18. The predicted octanol–water partition coefficient (Wildman–Crippen LogP) is 2.97. The zero-order valence-electron chi connectivity index (χ0n) is 10.7. The van der Waals surface area contributed by atoms with Crippen LogP contribution in [0.25, 0.3) is 0 Å². The van der Waals surface area contributed by atoms with Crippen molar-refractivity contribution in [3.63, 3.8) is 0 Å².